The van der Waals surface area contributed by atoms with Gasteiger partial charge in [-0.3, -0.25) is 4.79 Å². The van der Waals surface area contributed by atoms with Crippen molar-refractivity contribution in [2.75, 3.05) is 17.6 Å². The summed E-state index contributed by atoms with van der Waals surface area (Å²) >= 11 is 1.85. The molecule has 1 aromatic carbocycles. The number of carbonyl (C=O) groups is 1. The Morgan fingerprint density at radius 3 is 2.44 bits per heavy atom. The van der Waals surface area contributed by atoms with Crippen LogP contribution in [0.4, 0.5) is 5.69 Å². The van der Waals surface area contributed by atoms with Crippen LogP contribution in [-0.2, 0) is 4.79 Å². The first kappa shape index (κ1) is 15.1. The van der Waals surface area contributed by atoms with Crippen LogP contribution in [0.1, 0.15) is 27.2 Å². The molecule has 1 atom stereocenters. The van der Waals surface area contributed by atoms with Crippen LogP contribution in [-0.4, -0.2) is 24.2 Å². The molecule has 0 saturated carbocycles. The molecule has 1 aromatic rings. The molecule has 0 aliphatic rings. The zero-order valence-corrected chi connectivity index (χ0v) is 12.1. The summed E-state index contributed by atoms with van der Waals surface area (Å²) in [5, 5.41) is 6.23. The first-order valence-electron chi connectivity index (χ1n) is 6.39. The quantitative estimate of drug-likeness (QED) is 0.745. The van der Waals surface area contributed by atoms with Gasteiger partial charge in [0.2, 0.25) is 5.91 Å². The third kappa shape index (κ3) is 5.56. The lowest BCUT2D eigenvalue weighted by molar-refractivity contribution is -0.114. The van der Waals surface area contributed by atoms with Crippen LogP contribution in [0.25, 0.3) is 0 Å². The number of rotatable bonds is 7. The second-order valence-corrected chi connectivity index (χ2v) is 5.27. The van der Waals surface area contributed by atoms with E-state index in [1.165, 1.54) is 11.8 Å². The molecule has 0 aliphatic carbocycles. The number of carbonyl (C=O) groups excluding carboxylic acids is 1. The van der Waals surface area contributed by atoms with Crippen LogP contribution < -0.4 is 10.6 Å². The molecular formula is C14H22N2OS. The highest BCUT2D eigenvalue weighted by atomic mass is 32.2. The van der Waals surface area contributed by atoms with Crippen molar-refractivity contribution in [3.8, 4) is 0 Å². The lowest BCUT2D eigenvalue weighted by atomic mass is 10.2. The lowest BCUT2D eigenvalue weighted by Crippen LogP contribution is -2.30. The van der Waals surface area contributed by atoms with E-state index in [-0.39, 0.29) is 5.91 Å². The van der Waals surface area contributed by atoms with E-state index in [9.17, 15) is 4.79 Å². The summed E-state index contributed by atoms with van der Waals surface area (Å²) in [5.41, 5.74) is 0.852. The van der Waals surface area contributed by atoms with E-state index in [2.05, 4.69) is 36.6 Å². The number of thioether (sulfide) groups is 1. The van der Waals surface area contributed by atoms with Crippen molar-refractivity contribution in [2.24, 2.45) is 0 Å². The van der Waals surface area contributed by atoms with Crippen molar-refractivity contribution < 1.29 is 4.79 Å². The maximum absolute atomic E-state index is 10.9. The predicted molar refractivity (Wildman–Crippen MR) is 79.2 cm³/mol. The van der Waals surface area contributed by atoms with E-state index in [1.54, 1.807) is 0 Å². The topological polar surface area (TPSA) is 41.1 Å². The number of benzene rings is 1. The smallest absolute Gasteiger partial charge is 0.221 e. The van der Waals surface area contributed by atoms with Gasteiger partial charge in [0.25, 0.3) is 0 Å². The Balaban J connectivity index is 2.45. The predicted octanol–water partition coefficient (Wildman–Crippen LogP) is 3.13. The molecule has 0 aromatic heterocycles. The Morgan fingerprint density at radius 2 is 1.94 bits per heavy atom. The van der Waals surface area contributed by atoms with E-state index < -0.39 is 0 Å². The molecular weight excluding hydrogens is 244 g/mol. The first-order valence-corrected chi connectivity index (χ1v) is 7.38. The third-order valence-corrected chi connectivity index (χ3v) is 3.79. The summed E-state index contributed by atoms with van der Waals surface area (Å²) in [6, 6.07) is 8.55. The Labute approximate surface area is 114 Å². The van der Waals surface area contributed by atoms with Crippen LogP contribution in [0.2, 0.25) is 0 Å². The number of nitrogens with one attached hydrogen (secondary N) is 2. The fraction of sp³-hybridized carbons (Fsp3) is 0.500. The van der Waals surface area contributed by atoms with E-state index >= 15 is 0 Å². The Kier molecular flexibility index (Phi) is 6.83. The van der Waals surface area contributed by atoms with E-state index in [0.717, 1.165) is 24.4 Å². The fourth-order valence-electron chi connectivity index (χ4n) is 1.64. The fourth-order valence-corrected chi connectivity index (χ4v) is 2.72. The van der Waals surface area contributed by atoms with Gasteiger partial charge >= 0.3 is 0 Å². The number of hydrogen-bond donors (Lipinski definition) is 2. The summed E-state index contributed by atoms with van der Waals surface area (Å²) in [7, 11) is 0. The van der Waals surface area contributed by atoms with Gasteiger partial charge in [0, 0.05) is 29.3 Å². The molecule has 0 spiro atoms. The molecule has 2 N–H and O–H groups in total. The highest BCUT2D eigenvalue weighted by molar-refractivity contribution is 7.99. The molecule has 0 bridgehead atoms. The minimum absolute atomic E-state index is 0.0337. The summed E-state index contributed by atoms with van der Waals surface area (Å²) in [6.45, 7) is 6.87. The Morgan fingerprint density at radius 1 is 1.28 bits per heavy atom. The van der Waals surface area contributed by atoms with Crippen molar-refractivity contribution >= 4 is 23.4 Å². The zero-order valence-electron chi connectivity index (χ0n) is 11.3. The van der Waals surface area contributed by atoms with Gasteiger partial charge in [-0.1, -0.05) is 13.8 Å². The summed E-state index contributed by atoms with van der Waals surface area (Å²) in [6.07, 6.45) is 1.14. The minimum Gasteiger partial charge on any atom is -0.326 e. The van der Waals surface area contributed by atoms with Gasteiger partial charge in [-0.15, -0.1) is 11.8 Å². The third-order valence-electron chi connectivity index (χ3n) is 2.61. The van der Waals surface area contributed by atoms with Crippen molar-refractivity contribution in [2.45, 2.75) is 38.1 Å². The molecule has 0 fully saturated rings. The first-order chi connectivity index (χ1) is 8.65. The molecule has 1 amide bonds. The van der Waals surface area contributed by atoms with Gasteiger partial charge in [-0.2, -0.15) is 0 Å². The molecule has 3 nitrogen and oxygen atoms in total. The van der Waals surface area contributed by atoms with Crippen molar-refractivity contribution in [1.82, 2.24) is 5.32 Å². The number of amides is 1. The minimum atomic E-state index is -0.0337. The molecule has 100 valence electrons. The van der Waals surface area contributed by atoms with Crippen LogP contribution in [0.5, 0.6) is 0 Å². The SMILES string of the molecule is CCNC(CC)CSc1ccc(NC(C)=O)cc1. The lowest BCUT2D eigenvalue weighted by Gasteiger charge is -2.15. The van der Waals surface area contributed by atoms with Gasteiger partial charge < -0.3 is 10.6 Å². The second kappa shape index (κ2) is 8.16. The molecule has 1 unspecified atom stereocenters. The molecule has 0 radical (unpaired) electrons. The maximum Gasteiger partial charge on any atom is 0.221 e. The average molecular weight is 266 g/mol. The number of anilines is 1. The van der Waals surface area contributed by atoms with Gasteiger partial charge in [0.05, 0.1) is 0 Å². The summed E-state index contributed by atoms with van der Waals surface area (Å²) in [5.74, 6) is 1.04. The van der Waals surface area contributed by atoms with Crippen molar-refractivity contribution in [3.05, 3.63) is 24.3 Å². The van der Waals surface area contributed by atoms with Crippen LogP contribution in [0.3, 0.4) is 0 Å². The van der Waals surface area contributed by atoms with Crippen LogP contribution in [0, 0.1) is 0 Å². The van der Waals surface area contributed by atoms with Crippen molar-refractivity contribution in [1.29, 1.82) is 0 Å². The van der Waals surface area contributed by atoms with Crippen molar-refractivity contribution in [3.63, 3.8) is 0 Å². The van der Waals surface area contributed by atoms with Gasteiger partial charge in [0.15, 0.2) is 0 Å². The van der Waals surface area contributed by atoms with E-state index in [1.807, 2.05) is 23.9 Å². The Hall–Kier alpha value is -1.00. The summed E-state index contributed by atoms with van der Waals surface area (Å²) < 4.78 is 0. The zero-order chi connectivity index (χ0) is 13.4. The average Bonchev–Trinajstić information content (AvgIpc) is 2.35. The summed E-state index contributed by atoms with van der Waals surface area (Å²) in [4.78, 5) is 12.1. The molecule has 1 rings (SSSR count). The monoisotopic (exact) mass is 266 g/mol. The molecule has 4 heteroatoms. The maximum atomic E-state index is 10.9. The molecule has 0 aliphatic heterocycles. The van der Waals surface area contributed by atoms with Crippen LogP contribution in [0.15, 0.2) is 29.2 Å². The molecule has 18 heavy (non-hydrogen) atoms. The van der Waals surface area contributed by atoms with E-state index in [4.69, 9.17) is 0 Å². The van der Waals surface area contributed by atoms with Crippen LogP contribution >= 0.6 is 11.8 Å². The Bertz CT molecular complexity index is 365. The van der Waals surface area contributed by atoms with Gasteiger partial charge in [-0.25, -0.2) is 0 Å². The van der Waals surface area contributed by atoms with Gasteiger partial charge in [-0.05, 0) is 37.2 Å². The second-order valence-electron chi connectivity index (χ2n) is 4.18. The van der Waals surface area contributed by atoms with E-state index in [0.29, 0.717) is 6.04 Å². The highest BCUT2D eigenvalue weighted by Gasteiger charge is 2.05. The largest absolute Gasteiger partial charge is 0.326 e. The normalized spacial score (nSPS) is 12.2. The van der Waals surface area contributed by atoms with Gasteiger partial charge in [0.1, 0.15) is 0 Å². The number of hydrogen-bond acceptors (Lipinski definition) is 3. The standard InChI is InChI=1S/C14H22N2OS/c1-4-12(15-5-2)10-18-14-8-6-13(7-9-14)16-11(3)17/h6-9,12,15H,4-5,10H2,1-3H3,(H,16,17). The molecule has 0 heterocycles. The molecule has 0 saturated heterocycles. The highest BCUT2D eigenvalue weighted by Crippen LogP contribution is 2.21.